The molecule has 1 heterocycles. The van der Waals surface area contributed by atoms with Crippen LogP contribution in [0.3, 0.4) is 0 Å². The molecular formula is C13H21N3O2S2. The Morgan fingerprint density at radius 1 is 1.55 bits per heavy atom. The van der Waals surface area contributed by atoms with Crippen molar-refractivity contribution >= 4 is 28.5 Å². The molecule has 1 aliphatic carbocycles. The van der Waals surface area contributed by atoms with Crippen molar-refractivity contribution in [1.82, 2.24) is 10.2 Å². The molecule has 0 aliphatic heterocycles. The van der Waals surface area contributed by atoms with Crippen molar-refractivity contribution in [3.05, 3.63) is 21.9 Å². The minimum atomic E-state index is -1.11. The molecule has 1 saturated carbocycles. The van der Waals surface area contributed by atoms with Gasteiger partial charge in [-0.15, -0.1) is 16.1 Å². The van der Waals surface area contributed by atoms with Gasteiger partial charge in [-0.2, -0.15) is 0 Å². The third-order valence-electron chi connectivity index (χ3n) is 3.21. The second-order valence-electron chi connectivity index (χ2n) is 6.04. The minimum absolute atomic E-state index is 0.0148. The molecule has 20 heavy (non-hydrogen) atoms. The van der Waals surface area contributed by atoms with Crippen molar-refractivity contribution in [2.75, 3.05) is 0 Å². The molecule has 1 fully saturated rings. The van der Waals surface area contributed by atoms with Gasteiger partial charge in [-0.1, -0.05) is 0 Å². The fraction of sp³-hybridized carbons (Fsp3) is 0.615. The fourth-order valence-electron chi connectivity index (χ4n) is 1.82. The number of nitrogens with one attached hydrogen (secondary N) is 3. The van der Waals surface area contributed by atoms with E-state index in [1.165, 1.54) is 11.3 Å². The van der Waals surface area contributed by atoms with Crippen molar-refractivity contribution in [1.29, 1.82) is 5.41 Å². The second-order valence-corrected chi connectivity index (χ2v) is 8.98. The van der Waals surface area contributed by atoms with Crippen molar-refractivity contribution in [3.63, 3.8) is 0 Å². The minimum Gasteiger partial charge on any atom is -0.598 e. The molecule has 112 valence electrons. The summed E-state index contributed by atoms with van der Waals surface area (Å²) in [4.78, 5) is 1.07. The zero-order valence-electron chi connectivity index (χ0n) is 11.9. The lowest BCUT2D eigenvalue weighted by Crippen LogP contribution is -2.41. The third-order valence-corrected chi connectivity index (χ3v) is 5.81. The Bertz CT molecular complexity index is 480. The summed E-state index contributed by atoms with van der Waals surface area (Å²) >= 11 is 0.420. The summed E-state index contributed by atoms with van der Waals surface area (Å²) in [5.41, 5.74) is 2.51. The highest BCUT2D eigenvalue weighted by Gasteiger charge is 2.39. The van der Waals surface area contributed by atoms with E-state index in [9.17, 15) is 4.55 Å². The topological polar surface area (TPSA) is 91.2 Å². The Morgan fingerprint density at radius 2 is 2.20 bits per heavy atom. The standard InChI is InChI=1S/C13H21N3O2S2/c1-13(2,3)20(18)16-11(8-4-5-8)10-6-9(7-19-10)12(14)15-17/h6-8,11,16-17H,4-5H2,1-3H3,(H2,14,15)/t11?,20-/m0/s1. The van der Waals surface area contributed by atoms with Gasteiger partial charge >= 0.3 is 0 Å². The molecule has 0 aromatic carbocycles. The Kier molecular flexibility index (Phi) is 4.76. The number of thiophene rings is 1. The highest BCUT2D eigenvalue weighted by molar-refractivity contribution is 7.90. The van der Waals surface area contributed by atoms with Crippen LogP contribution in [0.25, 0.3) is 0 Å². The number of hydrogen-bond acceptors (Lipinski definition) is 5. The summed E-state index contributed by atoms with van der Waals surface area (Å²) in [6, 6.07) is 1.95. The van der Waals surface area contributed by atoms with Crippen LogP contribution in [-0.2, 0) is 11.4 Å². The van der Waals surface area contributed by atoms with Gasteiger partial charge in [-0.25, -0.2) is 0 Å². The summed E-state index contributed by atoms with van der Waals surface area (Å²) in [5.74, 6) is 0.503. The maximum absolute atomic E-state index is 12.3. The van der Waals surface area contributed by atoms with Crippen molar-refractivity contribution < 1.29 is 9.76 Å². The zero-order chi connectivity index (χ0) is 14.9. The fourth-order valence-corrected chi connectivity index (χ4v) is 3.84. The molecule has 0 spiro atoms. The molecule has 1 aromatic heterocycles. The van der Waals surface area contributed by atoms with Gasteiger partial charge in [-0.3, -0.25) is 16.1 Å². The van der Waals surface area contributed by atoms with Crippen LogP contribution in [0.1, 0.15) is 50.1 Å². The van der Waals surface area contributed by atoms with Crippen LogP contribution in [0.2, 0.25) is 0 Å². The lowest BCUT2D eigenvalue weighted by molar-refractivity contribution is 0.234. The molecule has 0 amide bonds. The summed E-state index contributed by atoms with van der Waals surface area (Å²) in [6.07, 6.45) is 2.28. The maximum Gasteiger partial charge on any atom is 0.150 e. The molecule has 1 unspecified atom stereocenters. The molecular weight excluding hydrogens is 294 g/mol. The van der Waals surface area contributed by atoms with Crippen molar-refractivity contribution in [2.45, 2.75) is 44.4 Å². The Balaban J connectivity index is 2.13. The van der Waals surface area contributed by atoms with E-state index in [2.05, 4.69) is 4.72 Å². The first kappa shape index (κ1) is 15.8. The van der Waals surface area contributed by atoms with Crippen molar-refractivity contribution in [3.8, 4) is 0 Å². The number of hydrogen-bond donors (Lipinski definition) is 4. The molecule has 2 rings (SSSR count). The average Bonchev–Trinajstić information content (AvgIpc) is 3.10. The van der Waals surface area contributed by atoms with Gasteiger partial charge in [0.2, 0.25) is 0 Å². The van der Waals surface area contributed by atoms with E-state index in [0.717, 1.165) is 17.7 Å². The molecule has 5 nitrogen and oxygen atoms in total. The summed E-state index contributed by atoms with van der Waals surface area (Å²) < 4.78 is 15.2. The lowest BCUT2D eigenvalue weighted by Gasteiger charge is -2.27. The van der Waals surface area contributed by atoms with E-state index in [-0.39, 0.29) is 16.6 Å². The summed E-state index contributed by atoms with van der Waals surface area (Å²) in [7, 11) is 0. The second kappa shape index (κ2) is 6.03. The Morgan fingerprint density at radius 3 is 2.70 bits per heavy atom. The summed E-state index contributed by atoms with van der Waals surface area (Å²) in [5, 5.41) is 18.2. The molecule has 1 aromatic rings. The predicted molar refractivity (Wildman–Crippen MR) is 82.6 cm³/mol. The van der Waals surface area contributed by atoms with E-state index in [1.807, 2.05) is 37.7 Å². The van der Waals surface area contributed by atoms with Gasteiger partial charge in [0.25, 0.3) is 0 Å². The lowest BCUT2D eigenvalue weighted by atomic mass is 10.1. The van der Waals surface area contributed by atoms with E-state index in [1.54, 1.807) is 0 Å². The number of amidine groups is 1. The SMILES string of the molecule is CC(C)(C)[S@+]([O-])NC(c1cc(C(=N)NO)cs1)C1CC1. The predicted octanol–water partition coefficient (Wildman–Crippen LogP) is 2.56. The highest BCUT2D eigenvalue weighted by Crippen LogP contribution is 2.43. The van der Waals surface area contributed by atoms with Crippen LogP contribution >= 0.6 is 11.3 Å². The van der Waals surface area contributed by atoms with Gasteiger partial charge in [0.1, 0.15) is 10.6 Å². The quantitative estimate of drug-likeness (QED) is 0.291. The van der Waals surface area contributed by atoms with Crippen LogP contribution in [0, 0.1) is 11.3 Å². The van der Waals surface area contributed by atoms with Crippen LogP contribution in [0.15, 0.2) is 11.4 Å². The molecule has 7 heteroatoms. The van der Waals surface area contributed by atoms with Crippen LogP contribution in [-0.4, -0.2) is 20.3 Å². The van der Waals surface area contributed by atoms with Gasteiger partial charge < -0.3 is 4.55 Å². The van der Waals surface area contributed by atoms with Gasteiger partial charge in [0, 0.05) is 27.2 Å². The third kappa shape index (κ3) is 3.73. The van der Waals surface area contributed by atoms with Gasteiger partial charge in [-0.05, 0) is 45.6 Å². The normalized spacial score (nSPS) is 18.6. The smallest absolute Gasteiger partial charge is 0.150 e. The Labute approximate surface area is 126 Å². The first-order valence-corrected chi connectivity index (χ1v) is 8.61. The molecule has 1 aliphatic rings. The molecule has 0 radical (unpaired) electrons. The van der Waals surface area contributed by atoms with E-state index < -0.39 is 11.4 Å². The summed E-state index contributed by atoms with van der Waals surface area (Å²) in [6.45, 7) is 5.85. The monoisotopic (exact) mass is 315 g/mol. The highest BCUT2D eigenvalue weighted by atomic mass is 32.2. The zero-order valence-corrected chi connectivity index (χ0v) is 13.5. The molecule has 2 atom stereocenters. The average molecular weight is 315 g/mol. The van der Waals surface area contributed by atoms with Crippen molar-refractivity contribution in [2.24, 2.45) is 5.92 Å². The van der Waals surface area contributed by atoms with E-state index in [0.29, 0.717) is 11.5 Å². The maximum atomic E-state index is 12.3. The van der Waals surface area contributed by atoms with Crippen LogP contribution < -0.4 is 10.2 Å². The first-order valence-electron chi connectivity index (χ1n) is 6.58. The Hall–Kier alpha value is -0.600. The van der Waals surface area contributed by atoms with Crippen LogP contribution in [0.4, 0.5) is 0 Å². The van der Waals surface area contributed by atoms with E-state index >= 15 is 0 Å². The molecule has 4 N–H and O–H groups in total. The van der Waals surface area contributed by atoms with Gasteiger partial charge in [0.15, 0.2) is 0 Å². The number of rotatable bonds is 5. The molecule has 0 bridgehead atoms. The van der Waals surface area contributed by atoms with Gasteiger partial charge in [0.05, 0.1) is 6.04 Å². The van der Waals surface area contributed by atoms with E-state index in [4.69, 9.17) is 10.6 Å². The van der Waals surface area contributed by atoms with Crippen LogP contribution in [0.5, 0.6) is 0 Å². The number of hydroxylamine groups is 1. The molecule has 0 saturated heterocycles. The largest absolute Gasteiger partial charge is 0.598 e. The first-order chi connectivity index (χ1) is 9.32.